The van der Waals surface area contributed by atoms with E-state index in [1.165, 1.54) is 0 Å². The average molecular weight is 210 g/mol. The van der Waals surface area contributed by atoms with E-state index in [1.807, 2.05) is 11.6 Å². The van der Waals surface area contributed by atoms with Gasteiger partial charge >= 0.3 is 0 Å². The van der Waals surface area contributed by atoms with Crippen molar-refractivity contribution < 1.29 is 0 Å². The molecule has 0 unspecified atom stereocenters. The van der Waals surface area contributed by atoms with E-state index in [0.717, 1.165) is 18.8 Å². The molecule has 0 aliphatic heterocycles. The third-order valence-electron chi connectivity index (χ3n) is 2.36. The lowest BCUT2D eigenvalue weighted by atomic mass is 10.2. The average Bonchev–Trinajstić information content (AvgIpc) is 2.30. The van der Waals surface area contributed by atoms with Gasteiger partial charge in [0.05, 0.1) is 0 Å². The molecule has 3 nitrogen and oxygen atoms in total. The first-order valence-electron chi connectivity index (χ1n) is 5.69. The molecular formula is C12H22N2O. The van der Waals surface area contributed by atoms with Crippen molar-refractivity contribution >= 4 is 0 Å². The summed E-state index contributed by atoms with van der Waals surface area (Å²) in [6.07, 6.45) is 0. The van der Waals surface area contributed by atoms with Crippen molar-refractivity contribution in [2.45, 2.75) is 47.7 Å². The van der Waals surface area contributed by atoms with Crippen molar-refractivity contribution in [1.29, 1.82) is 0 Å². The highest BCUT2D eigenvalue weighted by atomic mass is 16.1. The number of hydrogen-bond acceptors (Lipinski definition) is 1. The second kappa shape index (κ2) is 4.69. The Labute approximate surface area is 91.7 Å². The Morgan fingerprint density at radius 2 is 1.53 bits per heavy atom. The smallest absolute Gasteiger partial charge is 0.266 e. The molecule has 1 rings (SSSR count). The first kappa shape index (κ1) is 12.1. The Morgan fingerprint density at radius 1 is 1.07 bits per heavy atom. The summed E-state index contributed by atoms with van der Waals surface area (Å²) in [5, 5.41) is 0. The molecule has 0 aliphatic carbocycles. The largest absolute Gasteiger partial charge is 0.287 e. The molecule has 1 heterocycles. The van der Waals surface area contributed by atoms with Crippen molar-refractivity contribution in [3.05, 3.63) is 22.1 Å². The summed E-state index contributed by atoms with van der Waals surface area (Å²) in [6.45, 7) is 12.3. The van der Waals surface area contributed by atoms with Crippen LogP contribution in [-0.2, 0) is 13.1 Å². The minimum absolute atomic E-state index is 0.127. The fourth-order valence-electron chi connectivity index (χ4n) is 1.76. The van der Waals surface area contributed by atoms with Gasteiger partial charge in [0.15, 0.2) is 0 Å². The molecular weight excluding hydrogens is 188 g/mol. The third kappa shape index (κ3) is 2.98. The molecule has 1 aromatic rings. The number of aromatic nitrogens is 2. The van der Waals surface area contributed by atoms with Crippen LogP contribution in [0, 0.1) is 18.8 Å². The highest BCUT2D eigenvalue weighted by Gasteiger charge is 2.10. The van der Waals surface area contributed by atoms with E-state index in [4.69, 9.17) is 0 Å². The Kier molecular flexibility index (Phi) is 3.77. The van der Waals surface area contributed by atoms with Crippen molar-refractivity contribution in [3.63, 3.8) is 0 Å². The lowest BCUT2D eigenvalue weighted by molar-refractivity contribution is 0.350. The van der Waals surface area contributed by atoms with Gasteiger partial charge in [-0.3, -0.25) is 14.2 Å². The van der Waals surface area contributed by atoms with Gasteiger partial charge in [0.1, 0.15) is 0 Å². The predicted molar refractivity (Wildman–Crippen MR) is 63.1 cm³/mol. The van der Waals surface area contributed by atoms with Gasteiger partial charge in [-0.1, -0.05) is 27.7 Å². The summed E-state index contributed by atoms with van der Waals surface area (Å²) < 4.78 is 3.97. The Balaban J connectivity index is 3.06. The molecule has 0 spiro atoms. The Morgan fingerprint density at radius 3 is 2.00 bits per heavy atom. The maximum absolute atomic E-state index is 11.7. The minimum Gasteiger partial charge on any atom is -0.287 e. The van der Waals surface area contributed by atoms with Crippen LogP contribution in [0.25, 0.3) is 0 Å². The summed E-state index contributed by atoms with van der Waals surface area (Å²) >= 11 is 0. The minimum atomic E-state index is 0.127. The number of hydrogen-bond donors (Lipinski definition) is 0. The van der Waals surface area contributed by atoms with Crippen LogP contribution in [0.4, 0.5) is 0 Å². The fraction of sp³-hybridized carbons (Fsp3) is 0.750. The van der Waals surface area contributed by atoms with Gasteiger partial charge in [-0.25, -0.2) is 0 Å². The monoisotopic (exact) mass is 210 g/mol. The van der Waals surface area contributed by atoms with Crippen molar-refractivity contribution in [3.8, 4) is 0 Å². The van der Waals surface area contributed by atoms with Crippen molar-refractivity contribution in [2.75, 3.05) is 0 Å². The van der Waals surface area contributed by atoms with Crippen molar-refractivity contribution in [2.24, 2.45) is 11.8 Å². The highest BCUT2D eigenvalue weighted by molar-refractivity contribution is 4.99. The zero-order valence-corrected chi connectivity index (χ0v) is 10.4. The van der Waals surface area contributed by atoms with Gasteiger partial charge in [-0.2, -0.15) is 0 Å². The quantitative estimate of drug-likeness (QED) is 0.749. The topological polar surface area (TPSA) is 26.9 Å². The van der Waals surface area contributed by atoms with Gasteiger partial charge in [0.25, 0.3) is 5.56 Å². The molecule has 86 valence electrons. The van der Waals surface area contributed by atoms with Crippen LogP contribution in [0.15, 0.2) is 10.9 Å². The molecule has 0 bridgehead atoms. The van der Waals surface area contributed by atoms with Crippen molar-refractivity contribution in [1.82, 2.24) is 9.36 Å². The summed E-state index contributed by atoms with van der Waals surface area (Å²) in [5.74, 6) is 1.07. The summed E-state index contributed by atoms with van der Waals surface area (Å²) in [4.78, 5) is 11.7. The number of rotatable bonds is 4. The molecule has 15 heavy (non-hydrogen) atoms. The molecule has 0 saturated heterocycles. The van der Waals surface area contributed by atoms with Gasteiger partial charge in [-0.15, -0.1) is 0 Å². The molecule has 0 aromatic carbocycles. The maximum atomic E-state index is 11.7. The lowest BCUT2D eigenvalue weighted by Gasteiger charge is -2.17. The fourth-order valence-corrected chi connectivity index (χ4v) is 1.76. The molecule has 0 amide bonds. The van der Waals surface area contributed by atoms with Crippen LogP contribution in [0.2, 0.25) is 0 Å². The molecule has 1 aromatic heterocycles. The molecule has 3 heteroatoms. The summed E-state index contributed by atoms with van der Waals surface area (Å²) in [7, 11) is 0. The molecule has 0 radical (unpaired) electrons. The van der Waals surface area contributed by atoms with E-state index in [-0.39, 0.29) is 5.56 Å². The standard InChI is InChI=1S/C12H22N2O/c1-9(2)7-13-11(5)6-12(15)14(13)8-10(3)4/h6,9-10H,7-8H2,1-5H3. The van der Waals surface area contributed by atoms with E-state index in [9.17, 15) is 4.79 Å². The van der Waals surface area contributed by atoms with E-state index in [2.05, 4.69) is 32.4 Å². The van der Waals surface area contributed by atoms with Crippen LogP contribution in [-0.4, -0.2) is 9.36 Å². The van der Waals surface area contributed by atoms with E-state index >= 15 is 0 Å². The normalized spacial score (nSPS) is 11.7. The highest BCUT2D eigenvalue weighted by Crippen LogP contribution is 2.05. The SMILES string of the molecule is Cc1cc(=O)n(CC(C)C)n1CC(C)C. The summed E-state index contributed by atoms with van der Waals surface area (Å²) in [5.41, 5.74) is 1.19. The lowest BCUT2D eigenvalue weighted by Crippen LogP contribution is -2.26. The van der Waals surface area contributed by atoms with E-state index < -0.39 is 0 Å². The van der Waals surface area contributed by atoms with Crippen LogP contribution in [0.1, 0.15) is 33.4 Å². The number of aryl methyl sites for hydroxylation is 1. The number of nitrogens with zero attached hydrogens (tertiary/aromatic N) is 2. The van der Waals surface area contributed by atoms with Crippen LogP contribution in [0.5, 0.6) is 0 Å². The van der Waals surface area contributed by atoms with Crippen LogP contribution < -0.4 is 5.56 Å². The molecule has 0 N–H and O–H groups in total. The van der Waals surface area contributed by atoms with E-state index in [0.29, 0.717) is 11.8 Å². The van der Waals surface area contributed by atoms with Gasteiger partial charge in [-0.05, 0) is 18.8 Å². The molecule has 0 saturated carbocycles. The molecule has 0 atom stereocenters. The molecule has 0 fully saturated rings. The Bertz CT molecular complexity index is 371. The first-order valence-corrected chi connectivity index (χ1v) is 5.69. The second-order valence-corrected chi connectivity index (χ2v) is 5.08. The first-order chi connectivity index (χ1) is 6.91. The molecule has 0 aliphatic rings. The van der Waals surface area contributed by atoms with Crippen LogP contribution >= 0.6 is 0 Å². The van der Waals surface area contributed by atoms with Gasteiger partial charge in [0, 0.05) is 24.8 Å². The van der Waals surface area contributed by atoms with Gasteiger partial charge in [0.2, 0.25) is 0 Å². The summed E-state index contributed by atoms with van der Waals surface area (Å²) in [6, 6.07) is 1.73. The van der Waals surface area contributed by atoms with E-state index in [1.54, 1.807) is 6.07 Å². The second-order valence-electron chi connectivity index (χ2n) is 5.08. The maximum Gasteiger partial charge on any atom is 0.266 e. The van der Waals surface area contributed by atoms with Gasteiger partial charge < -0.3 is 0 Å². The Hall–Kier alpha value is -0.990. The third-order valence-corrected chi connectivity index (χ3v) is 2.36. The zero-order valence-electron chi connectivity index (χ0n) is 10.4. The predicted octanol–water partition coefficient (Wildman–Crippen LogP) is 2.27. The zero-order chi connectivity index (χ0) is 11.6. The van der Waals surface area contributed by atoms with Crippen LogP contribution in [0.3, 0.4) is 0 Å².